The van der Waals surface area contributed by atoms with Gasteiger partial charge in [0.2, 0.25) is 0 Å². The van der Waals surface area contributed by atoms with Crippen molar-refractivity contribution in [2.24, 2.45) is 0 Å². The first kappa shape index (κ1) is 14.6. The van der Waals surface area contributed by atoms with Crippen LogP contribution >= 0.6 is 23.1 Å². The van der Waals surface area contributed by atoms with Crippen molar-refractivity contribution in [2.45, 2.75) is 31.3 Å². The van der Waals surface area contributed by atoms with E-state index in [9.17, 15) is 9.59 Å². The van der Waals surface area contributed by atoms with Crippen LogP contribution in [0.5, 0.6) is 0 Å². The molecule has 4 rings (SSSR count). The number of aryl methyl sites for hydroxylation is 1. The molecule has 2 aliphatic rings. The molecule has 1 aliphatic carbocycles. The molecule has 1 spiro atoms. The second kappa shape index (κ2) is 5.28. The summed E-state index contributed by atoms with van der Waals surface area (Å²) in [6, 6.07) is 7.38. The molecule has 1 fully saturated rings. The summed E-state index contributed by atoms with van der Waals surface area (Å²) in [4.78, 5) is 26.6. The Morgan fingerprint density at radius 3 is 2.96 bits per heavy atom. The molecule has 1 atom stereocenters. The highest BCUT2D eigenvalue weighted by Crippen LogP contribution is 2.40. The summed E-state index contributed by atoms with van der Waals surface area (Å²) in [5.74, 6) is -0.237. The average molecular weight is 349 g/mol. The highest BCUT2D eigenvalue weighted by atomic mass is 35.5. The third-order valence-electron chi connectivity index (χ3n) is 4.47. The van der Waals surface area contributed by atoms with Gasteiger partial charge in [0.15, 0.2) is 0 Å². The number of urea groups is 1. The van der Waals surface area contributed by atoms with Crippen molar-refractivity contribution < 1.29 is 9.59 Å². The van der Waals surface area contributed by atoms with Crippen molar-refractivity contribution in [1.82, 2.24) is 19.8 Å². The van der Waals surface area contributed by atoms with Crippen LogP contribution in [0, 0.1) is 0 Å². The molecule has 0 radical (unpaired) electrons. The zero-order chi connectivity index (χ0) is 16.0. The van der Waals surface area contributed by atoms with Crippen LogP contribution in [0.4, 0.5) is 4.79 Å². The first-order chi connectivity index (χ1) is 11.1. The Kier molecular flexibility index (Phi) is 3.35. The van der Waals surface area contributed by atoms with Gasteiger partial charge in [-0.1, -0.05) is 40.4 Å². The Labute approximate surface area is 141 Å². The van der Waals surface area contributed by atoms with Crippen molar-refractivity contribution >= 4 is 35.1 Å². The smallest absolute Gasteiger partial charge is 0.319 e. The number of halogens is 1. The van der Waals surface area contributed by atoms with Crippen LogP contribution in [0.25, 0.3) is 0 Å². The van der Waals surface area contributed by atoms with E-state index in [4.69, 9.17) is 11.6 Å². The molecular formula is C15H13ClN4O2S. The van der Waals surface area contributed by atoms with Crippen molar-refractivity contribution in [3.63, 3.8) is 0 Å². The minimum atomic E-state index is -0.956. The molecule has 23 heavy (non-hydrogen) atoms. The van der Waals surface area contributed by atoms with Gasteiger partial charge in [-0.2, -0.15) is 0 Å². The highest BCUT2D eigenvalue weighted by Gasteiger charge is 2.54. The van der Waals surface area contributed by atoms with Crippen LogP contribution in [-0.4, -0.2) is 26.4 Å². The molecule has 3 amide bonds. The predicted octanol–water partition coefficient (Wildman–Crippen LogP) is 2.48. The van der Waals surface area contributed by atoms with Crippen molar-refractivity contribution in [3.8, 4) is 0 Å². The number of aromatic nitrogens is 2. The van der Waals surface area contributed by atoms with E-state index in [1.807, 2.05) is 24.3 Å². The predicted molar refractivity (Wildman–Crippen MR) is 85.1 cm³/mol. The quantitative estimate of drug-likeness (QED) is 0.846. The molecule has 0 saturated carbocycles. The summed E-state index contributed by atoms with van der Waals surface area (Å²) in [6.45, 7) is 0.0456. The third kappa shape index (κ3) is 2.14. The third-order valence-corrected chi connectivity index (χ3v) is 5.45. The van der Waals surface area contributed by atoms with E-state index >= 15 is 0 Å². The van der Waals surface area contributed by atoms with E-state index in [1.54, 1.807) is 0 Å². The van der Waals surface area contributed by atoms with Crippen molar-refractivity contribution in [2.75, 3.05) is 0 Å². The summed E-state index contributed by atoms with van der Waals surface area (Å²) in [5.41, 5.74) is 1.50. The number of carbonyl (C=O) groups is 2. The molecule has 2 aromatic rings. The highest BCUT2D eigenvalue weighted by molar-refractivity contribution is 7.10. The van der Waals surface area contributed by atoms with Crippen LogP contribution < -0.4 is 5.32 Å². The molecule has 0 bridgehead atoms. The van der Waals surface area contributed by atoms with E-state index in [0.717, 1.165) is 35.5 Å². The van der Waals surface area contributed by atoms with Crippen molar-refractivity contribution in [3.05, 3.63) is 45.4 Å². The fourth-order valence-electron chi connectivity index (χ4n) is 3.40. The molecule has 1 aromatic carbocycles. The zero-order valence-corrected chi connectivity index (χ0v) is 13.7. The minimum Gasteiger partial charge on any atom is -0.319 e. The fraction of sp³-hybridized carbons (Fsp3) is 0.333. The normalized spacial score (nSPS) is 23.3. The Balaban J connectivity index is 1.72. The lowest BCUT2D eigenvalue weighted by molar-refractivity contribution is -0.132. The Morgan fingerprint density at radius 1 is 1.35 bits per heavy atom. The van der Waals surface area contributed by atoms with Gasteiger partial charge in [0.05, 0.1) is 6.54 Å². The Bertz CT molecular complexity index is 808. The molecule has 1 aromatic heterocycles. The van der Waals surface area contributed by atoms with Crippen LogP contribution in [0.1, 0.15) is 29.7 Å². The van der Waals surface area contributed by atoms with Gasteiger partial charge in [0.25, 0.3) is 5.91 Å². The minimum absolute atomic E-state index is 0.0456. The molecule has 118 valence electrons. The fourth-order valence-corrected chi connectivity index (χ4v) is 4.01. The summed E-state index contributed by atoms with van der Waals surface area (Å²) in [5, 5.41) is 6.80. The van der Waals surface area contributed by atoms with E-state index in [2.05, 4.69) is 14.9 Å². The van der Waals surface area contributed by atoms with E-state index in [1.165, 1.54) is 4.90 Å². The number of nitrogens with zero attached hydrogens (tertiary/aromatic N) is 3. The molecule has 8 heteroatoms. The molecule has 6 nitrogen and oxygen atoms in total. The molecule has 2 heterocycles. The van der Waals surface area contributed by atoms with Gasteiger partial charge >= 0.3 is 6.03 Å². The standard InChI is InChI=1S/C15H13ClN4O2S/c16-12-11(18-19-23-12)8-20-13(21)15(17-14(20)22)7-3-5-9-4-1-2-6-10(9)15/h1-2,4,6H,3,5,7-8H2,(H,17,22)/t15-/m1/s1. The SMILES string of the molecule is O=C1N[C@@]2(CCCc3ccccc32)C(=O)N1Cc1nnsc1Cl. The number of imide groups is 1. The number of fused-ring (bicyclic) bond motifs is 2. The number of hydrogen-bond acceptors (Lipinski definition) is 5. The molecule has 1 aliphatic heterocycles. The maximum atomic E-state index is 13.0. The van der Waals surface area contributed by atoms with Crippen LogP contribution in [0.2, 0.25) is 4.34 Å². The lowest BCUT2D eigenvalue weighted by atomic mass is 9.76. The molecule has 1 N–H and O–H groups in total. The number of hydrogen-bond donors (Lipinski definition) is 1. The topological polar surface area (TPSA) is 75.2 Å². The van der Waals surface area contributed by atoms with Crippen LogP contribution in [-0.2, 0) is 23.3 Å². The second-order valence-electron chi connectivity index (χ2n) is 5.73. The number of rotatable bonds is 2. The van der Waals surface area contributed by atoms with Gasteiger partial charge in [-0.3, -0.25) is 9.69 Å². The summed E-state index contributed by atoms with van der Waals surface area (Å²) >= 11 is 7.04. The van der Waals surface area contributed by atoms with Gasteiger partial charge in [-0.15, -0.1) is 5.10 Å². The van der Waals surface area contributed by atoms with E-state index in [-0.39, 0.29) is 12.5 Å². The number of amides is 3. The summed E-state index contributed by atoms with van der Waals surface area (Å²) in [6.07, 6.45) is 2.38. The number of benzene rings is 1. The first-order valence-electron chi connectivity index (χ1n) is 7.31. The summed E-state index contributed by atoms with van der Waals surface area (Å²) < 4.78 is 4.14. The molecular weight excluding hydrogens is 336 g/mol. The monoisotopic (exact) mass is 348 g/mol. The first-order valence-corrected chi connectivity index (χ1v) is 8.46. The van der Waals surface area contributed by atoms with Gasteiger partial charge < -0.3 is 5.32 Å². The zero-order valence-electron chi connectivity index (χ0n) is 12.1. The van der Waals surface area contributed by atoms with Gasteiger partial charge in [0, 0.05) is 11.5 Å². The van der Waals surface area contributed by atoms with Gasteiger partial charge in [0.1, 0.15) is 15.6 Å². The maximum Gasteiger partial charge on any atom is 0.325 e. The number of nitrogens with one attached hydrogen (secondary N) is 1. The Morgan fingerprint density at radius 2 is 2.17 bits per heavy atom. The van der Waals surface area contributed by atoms with Crippen molar-refractivity contribution in [1.29, 1.82) is 0 Å². The van der Waals surface area contributed by atoms with Crippen LogP contribution in [0.15, 0.2) is 24.3 Å². The van der Waals surface area contributed by atoms with Gasteiger partial charge in [-0.05, 0) is 30.4 Å². The maximum absolute atomic E-state index is 13.0. The largest absolute Gasteiger partial charge is 0.325 e. The molecule has 1 saturated heterocycles. The van der Waals surface area contributed by atoms with Gasteiger partial charge in [-0.25, -0.2) is 4.79 Å². The van der Waals surface area contributed by atoms with E-state index in [0.29, 0.717) is 16.5 Å². The molecule has 0 unspecified atom stereocenters. The Hall–Kier alpha value is -1.99. The van der Waals surface area contributed by atoms with Crippen LogP contribution in [0.3, 0.4) is 0 Å². The lowest BCUT2D eigenvalue weighted by Gasteiger charge is -2.33. The second-order valence-corrected chi connectivity index (χ2v) is 7.09. The lowest BCUT2D eigenvalue weighted by Crippen LogP contribution is -2.46. The number of carbonyl (C=O) groups excluding carboxylic acids is 2. The average Bonchev–Trinajstić information content (AvgIpc) is 3.06. The summed E-state index contributed by atoms with van der Waals surface area (Å²) in [7, 11) is 0. The van der Waals surface area contributed by atoms with E-state index < -0.39 is 11.6 Å².